The number of thioether (sulfide) groups is 1. The third-order valence-electron chi connectivity index (χ3n) is 4.28. The molecule has 0 saturated carbocycles. The third kappa shape index (κ3) is 4.54. The number of carbonyl (C=O) groups excluding carboxylic acids is 2. The summed E-state index contributed by atoms with van der Waals surface area (Å²) >= 11 is 7.44. The number of fused-ring (bicyclic) bond motifs is 1. The van der Waals surface area contributed by atoms with Crippen LogP contribution in [-0.2, 0) is 4.79 Å². The van der Waals surface area contributed by atoms with Crippen molar-refractivity contribution in [1.82, 2.24) is 5.32 Å². The second-order valence-corrected chi connectivity index (χ2v) is 7.84. The van der Waals surface area contributed by atoms with Crippen molar-refractivity contribution in [2.24, 2.45) is 0 Å². The molecule has 0 radical (unpaired) electrons. The lowest BCUT2D eigenvalue weighted by Crippen LogP contribution is -2.31. The zero-order chi connectivity index (χ0) is 19.4. The number of likely N-dealkylation sites (N-methyl/N-ethyl adjacent to an activating group) is 1. The molecule has 0 unspecified atom stereocenters. The summed E-state index contributed by atoms with van der Waals surface area (Å²) in [5.74, 6) is -0.214. The monoisotopic (exact) mass is 400 g/mol. The molecule has 2 aromatic carbocycles. The second kappa shape index (κ2) is 8.63. The molecule has 0 saturated heterocycles. The Morgan fingerprint density at radius 2 is 2.07 bits per heavy atom. The van der Waals surface area contributed by atoms with E-state index in [1.165, 1.54) is 11.8 Å². The highest BCUT2D eigenvalue weighted by Crippen LogP contribution is 2.42. The van der Waals surface area contributed by atoms with E-state index in [4.69, 9.17) is 11.6 Å². The molecule has 1 aliphatic rings. The Balaban J connectivity index is 1.85. The molecule has 0 fully saturated rings. The molecule has 0 atom stereocenters. The van der Waals surface area contributed by atoms with Crippen molar-refractivity contribution in [2.75, 3.05) is 18.5 Å². The maximum atomic E-state index is 12.8. The summed E-state index contributed by atoms with van der Waals surface area (Å²) in [5, 5.41) is 3.54. The first-order chi connectivity index (χ1) is 13.0. The van der Waals surface area contributed by atoms with E-state index in [0.717, 1.165) is 29.0 Å². The minimum Gasteiger partial charge on any atom is -0.352 e. The van der Waals surface area contributed by atoms with E-state index in [1.54, 1.807) is 30.1 Å². The number of unbranched alkanes of at least 4 members (excludes halogenated alkanes) is 1. The molecule has 0 aliphatic carbocycles. The van der Waals surface area contributed by atoms with Crippen LogP contribution in [0.4, 0.5) is 5.69 Å². The molecule has 2 amide bonds. The summed E-state index contributed by atoms with van der Waals surface area (Å²) in [6.45, 7) is 2.74. The van der Waals surface area contributed by atoms with Crippen LogP contribution in [0.2, 0.25) is 5.02 Å². The number of hydrogen-bond acceptors (Lipinski definition) is 3. The van der Waals surface area contributed by atoms with E-state index in [9.17, 15) is 9.59 Å². The van der Waals surface area contributed by atoms with Gasteiger partial charge in [0.1, 0.15) is 0 Å². The SMILES string of the molecule is CCCCNC(=O)c1ccc2c(c1)N(C)C(=O)C(=Cc1cccc(Cl)c1)S2. The molecular weight excluding hydrogens is 380 g/mol. The van der Waals surface area contributed by atoms with Gasteiger partial charge in [-0.2, -0.15) is 0 Å². The third-order valence-corrected chi connectivity index (χ3v) is 5.59. The van der Waals surface area contributed by atoms with E-state index in [0.29, 0.717) is 22.0 Å². The molecule has 3 rings (SSSR count). The Hall–Kier alpha value is -2.24. The van der Waals surface area contributed by atoms with Gasteiger partial charge >= 0.3 is 0 Å². The van der Waals surface area contributed by atoms with Crippen molar-refractivity contribution < 1.29 is 9.59 Å². The highest BCUT2D eigenvalue weighted by Gasteiger charge is 2.27. The van der Waals surface area contributed by atoms with Crippen LogP contribution in [0.15, 0.2) is 52.3 Å². The number of nitrogens with one attached hydrogen (secondary N) is 1. The molecule has 1 aliphatic heterocycles. The number of benzene rings is 2. The van der Waals surface area contributed by atoms with Crippen molar-refractivity contribution >= 4 is 46.9 Å². The maximum Gasteiger partial charge on any atom is 0.264 e. The summed E-state index contributed by atoms with van der Waals surface area (Å²) in [6, 6.07) is 12.9. The highest BCUT2D eigenvalue weighted by molar-refractivity contribution is 8.04. The molecule has 0 spiro atoms. The zero-order valence-electron chi connectivity index (χ0n) is 15.3. The van der Waals surface area contributed by atoms with Crippen LogP contribution in [0.1, 0.15) is 35.7 Å². The number of hydrogen-bond donors (Lipinski definition) is 1. The van der Waals surface area contributed by atoms with Gasteiger partial charge in [0.2, 0.25) is 0 Å². The van der Waals surface area contributed by atoms with E-state index in [-0.39, 0.29) is 11.8 Å². The van der Waals surface area contributed by atoms with Crippen molar-refractivity contribution in [3.63, 3.8) is 0 Å². The summed E-state index contributed by atoms with van der Waals surface area (Å²) in [4.78, 5) is 28.2. The van der Waals surface area contributed by atoms with Crippen molar-refractivity contribution in [2.45, 2.75) is 24.7 Å². The van der Waals surface area contributed by atoms with Gasteiger partial charge in [-0.1, -0.05) is 48.8 Å². The molecule has 4 nitrogen and oxygen atoms in total. The number of amides is 2. The summed E-state index contributed by atoms with van der Waals surface area (Å²) in [5.41, 5.74) is 2.19. The van der Waals surface area contributed by atoms with Crippen LogP contribution in [-0.4, -0.2) is 25.4 Å². The number of nitrogens with zero attached hydrogens (tertiary/aromatic N) is 1. The molecule has 2 aromatic rings. The standard InChI is InChI=1S/C21H21ClN2O2S/c1-3-4-10-23-20(25)15-8-9-18-17(13-15)24(2)21(26)19(27-18)12-14-6-5-7-16(22)11-14/h5-9,11-13H,3-4,10H2,1-2H3,(H,23,25). The van der Waals surface area contributed by atoms with Crippen LogP contribution in [0.25, 0.3) is 6.08 Å². The molecule has 140 valence electrons. The topological polar surface area (TPSA) is 49.4 Å². The number of carbonyl (C=O) groups is 2. The fraction of sp³-hybridized carbons (Fsp3) is 0.238. The quantitative estimate of drug-likeness (QED) is 0.568. The van der Waals surface area contributed by atoms with Gasteiger partial charge < -0.3 is 10.2 Å². The smallest absolute Gasteiger partial charge is 0.264 e. The van der Waals surface area contributed by atoms with Crippen LogP contribution in [0, 0.1) is 0 Å². The van der Waals surface area contributed by atoms with E-state index in [1.807, 2.05) is 30.3 Å². The Kier molecular flexibility index (Phi) is 6.24. The van der Waals surface area contributed by atoms with Gasteiger partial charge in [0.25, 0.3) is 11.8 Å². The van der Waals surface area contributed by atoms with Crippen LogP contribution in [0.3, 0.4) is 0 Å². The van der Waals surface area contributed by atoms with Gasteiger partial charge in [-0.25, -0.2) is 0 Å². The minimum absolute atomic E-state index is 0.101. The average molecular weight is 401 g/mol. The largest absolute Gasteiger partial charge is 0.352 e. The summed E-state index contributed by atoms with van der Waals surface area (Å²) < 4.78 is 0. The Labute approximate surface area is 168 Å². The fourth-order valence-corrected chi connectivity index (χ4v) is 4.05. The lowest BCUT2D eigenvalue weighted by Gasteiger charge is -2.27. The van der Waals surface area contributed by atoms with Crippen LogP contribution < -0.4 is 10.2 Å². The van der Waals surface area contributed by atoms with Gasteiger partial charge in [0.15, 0.2) is 0 Å². The molecule has 1 N–H and O–H groups in total. The predicted octanol–water partition coefficient (Wildman–Crippen LogP) is 4.98. The van der Waals surface area contributed by atoms with Crippen molar-refractivity contribution in [3.05, 3.63) is 63.5 Å². The Morgan fingerprint density at radius 3 is 2.81 bits per heavy atom. The number of halogens is 1. The first-order valence-electron chi connectivity index (χ1n) is 8.85. The number of rotatable bonds is 5. The second-order valence-electron chi connectivity index (χ2n) is 6.32. The lowest BCUT2D eigenvalue weighted by molar-refractivity contribution is -0.114. The van der Waals surface area contributed by atoms with Crippen molar-refractivity contribution in [3.8, 4) is 0 Å². The summed E-state index contributed by atoms with van der Waals surface area (Å²) in [6.07, 6.45) is 3.81. The molecule has 0 aromatic heterocycles. The zero-order valence-corrected chi connectivity index (χ0v) is 16.9. The molecular formula is C21H21ClN2O2S. The normalized spacial score (nSPS) is 15.0. The molecule has 0 bridgehead atoms. The van der Waals surface area contributed by atoms with Gasteiger partial charge in [0.05, 0.1) is 10.6 Å². The molecule has 6 heteroatoms. The van der Waals surface area contributed by atoms with Crippen LogP contribution in [0.5, 0.6) is 0 Å². The summed E-state index contributed by atoms with van der Waals surface area (Å²) in [7, 11) is 1.73. The minimum atomic E-state index is -0.114. The number of anilines is 1. The first-order valence-corrected chi connectivity index (χ1v) is 10.0. The first kappa shape index (κ1) is 19.5. The Morgan fingerprint density at radius 1 is 1.26 bits per heavy atom. The molecule has 1 heterocycles. The van der Waals surface area contributed by atoms with Crippen LogP contribution >= 0.6 is 23.4 Å². The van der Waals surface area contributed by atoms with Gasteiger partial charge in [0, 0.05) is 29.1 Å². The van der Waals surface area contributed by atoms with Gasteiger partial charge in [-0.05, 0) is 48.4 Å². The van der Waals surface area contributed by atoms with Crippen molar-refractivity contribution in [1.29, 1.82) is 0 Å². The van der Waals surface area contributed by atoms with E-state index < -0.39 is 0 Å². The van der Waals surface area contributed by atoms with E-state index in [2.05, 4.69) is 12.2 Å². The van der Waals surface area contributed by atoms with E-state index >= 15 is 0 Å². The maximum absolute atomic E-state index is 12.8. The fourth-order valence-electron chi connectivity index (χ4n) is 2.76. The lowest BCUT2D eigenvalue weighted by atomic mass is 10.1. The predicted molar refractivity (Wildman–Crippen MR) is 112 cm³/mol. The molecule has 27 heavy (non-hydrogen) atoms. The average Bonchev–Trinajstić information content (AvgIpc) is 2.66. The highest BCUT2D eigenvalue weighted by atomic mass is 35.5. The Bertz CT molecular complexity index is 911. The van der Waals surface area contributed by atoms with Gasteiger partial charge in [-0.3, -0.25) is 9.59 Å². The van der Waals surface area contributed by atoms with Gasteiger partial charge in [-0.15, -0.1) is 0 Å².